The van der Waals surface area contributed by atoms with Crippen LogP contribution < -0.4 is 15.8 Å². The Kier molecular flexibility index (Phi) is 6.92. The van der Waals surface area contributed by atoms with Crippen LogP contribution in [-0.4, -0.2) is 36.8 Å². The summed E-state index contributed by atoms with van der Waals surface area (Å²) in [4.78, 5) is 11.2. The lowest BCUT2D eigenvalue weighted by Crippen LogP contribution is -2.42. The molecule has 0 radical (unpaired) electrons. The number of nitrogens with one attached hydrogen (secondary N) is 1. The van der Waals surface area contributed by atoms with Gasteiger partial charge in [0.05, 0.1) is 12.6 Å². The van der Waals surface area contributed by atoms with E-state index in [9.17, 15) is 4.79 Å². The topological polar surface area (TPSA) is 84.6 Å². The van der Waals surface area contributed by atoms with E-state index in [0.717, 1.165) is 11.3 Å². The summed E-state index contributed by atoms with van der Waals surface area (Å²) in [6.45, 7) is 3.10. The van der Waals surface area contributed by atoms with E-state index in [-0.39, 0.29) is 18.6 Å². The molecule has 1 amide bonds. The van der Waals surface area contributed by atoms with Gasteiger partial charge in [0.2, 0.25) is 5.91 Å². The van der Waals surface area contributed by atoms with Crippen LogP contribution in [0.4, 0.5) is 0 Å². The Bertz CT molecular complexity index is 396. The number of carbonyl (C=O) groups is 1. The lowest BCUT2D eigenvalue weighted by molar-refractivity contribution is -0.120. The molecule has 5 nitrogen and oxygen atoms in total. The zero-order valence-electron chi connectivity index (χ0n) is 11.3. The molecule has 0 spiro atoms. The van der Waals surface area contributed by atoms with Crippen molar-refractivity contribution in [3.05, 3.63) is 29.8 Å². The Morgan fingerprint density at radius 3 is 2.84 bits per heavy atom. The molecule has 0 aliphatic rings. The summed E-state index contributed by atoms with van der Waals surface area (Å²) in [6, 6.07) is 7.20. The molecule has 1 atom stereocenters. The molecule has 1 aromatic rings. The van der Waals surface area contributed by atoms with Crippen LogP contribution in [0.5, 0.6) is 5.75 Å². The first-order chi connectivity index (χ1) is 9.19. The van der Waals surface area contributed by atoms with E-state index >= 15 is 0 Å². The van der Waals surface area contributed by atoms with Crippen molar-refractivity contribution in [1.29, 1.82) is 0 Å². The van der Waals surface area contributed by atoms with Crippen molar-refractivity contribution in [1.82, 2.24) is 5.32 Å². The molecule has 0 saturated heterocycles. The van der Waals surface area contributed by atoms with Crippen LogP contribution in [0.2, 0.25) is 0 Å². The molecular formula is C14H22N2O3. The second-order valence-corrected chi connectivity index (χ2v) is 4.23. The number of nitrogens with two attached hydrogens (primary N) is 1. The summed E-state index contributed by atoms with van der Waals surface area (Å²) in [5.41, 5.74) is 6.25. The molecule has 106 valence electrons. The molecule has 1 aromatic carbocycles. The van der Waals surface area contributed by atoms with Crippen LogP contribution in [0, 0.1) is 0 Å². The van der Waals surface area contributed by atoms with Gasteiger partial charge in [-0.2, -0.15) is 0 Å². The van der Waals surface area contributed by atoms with Gasteiger partial charge >= 0.3 is 0 Å². The molecule has 0 bridgehead atoms. The predicted molar refractivity (Wildman–Crippen MR) is 74.0 cm³/mol. The average Bonchev–Trinajstić information content (AvgIpc) is 2.40. The van der Waals surface area contributed by atoms with E-state index < -0.39 is 0 Å². The zero-order chi connectivity index (χ0) is 14.1. The quantitative estimate of drug-likeness (QED) is 0.606. The van der Waals surface area contributed by atoms with E-state index in [4.69, 9.17) is 15.6 Å². The highest BCUT2D eigenvalue weighted by atomic mass is 16.5. The van der Waals surface area contributed by atoms with Gasteiger partial charge < -0.3 is 20.9 Å². The summed E-state index contributed by atoms with van der Waals surface area (Å²) < 4.78 is 5.66. The van der Waals surface area contributed by atoms with Gasteiger partial charge in [-0.25, -0.2) is 0 Å². The van der Waals surface area contributed by atoms with E-state index in [2.05, 4.69) is 5.32 Å². The summed E-state index contributed by atoms with van der Waals surface area (Å²) >= 11 is 0. The average molecular weight is 266 g/mol. The normalized spacial score (nSPS) is 12.1. The highest BCUT2D eigenvalue weighted by molar-refractivity contribution is 5.79. The number of primary amides is 1. The van der Waals surface area contributed by atoms with Crippen LogP contribution in [0.1, 0.15) is 18.9 Å². The second-order valence-electron chi connectivity index (χ2n) is 4.23. The summed E-state index contributed by atoms with van der Waals surface area (Å²) in [7, 11) is 0. The van der Waals surface area contributed by atoms with Crippen LogP contribution in [-0.2, 0) is 11.2 Å². The van der Waals surface area contributed by atoms with E-state index in [1.807, 2.05) is 31.2 Å². The maximum atomic E-state index is 11.2. The molecule has 0 aliphatic heterocycles. The van der Waals surface area contributed by atoms with Gasteiger partial charge in [-0.15, -0.1) is 0 Å². The summed E-state index contributed by atoms with van der Waals surface area (Å²) in [5.74, 6) is 0.380. The van der Waals surface area contributed by atoms with Crippen molar-refractivity contribution in [3.63, 3.8) is 0 Å². The largest absolute Gasteiger partial charge is 0.493 e. The van der Waals surface area contributed by atoms with Gasteiger partial charge in [-0.05, 0) is 24.6 Å². The third-order valence-corrected chi connectivity index (χ3v) is 2.81. The number of hydrogen-bond acceptors (Lipinski definition) is 4. The number of aliphatic hydroxyl groups excluding tert-OH is 1. The minimum absolute atomic E-state index is 0.0850. The summed E-state index contributed by atoms with van der Waals surface area (Å²) in [6.07, 6.45) is 1.08. The van der Waals surface area contributed by atoms with Crippen molar-refractivity contribution in [2.24, 2.45) is 5.73 Å². The van der Waals surface area contributed by atoms with Gasteiger partial charge in [0.15, 0.2) is 0 Å². The number of hydrogen-bond donors (Lipinski definition) is 3. The molecule has 0 aliphatic carbocycles. The maximum Gasteiger partial charge on any atom is 0.234 e. The minimum Gasteiger partial charge on any atom is -0.493 e. The summed E-state index contributed by atoms with van der Waals surface area (Å²) in [5, 5.41) is 12.0. The van der Waals surface area contributed by atoms with Gasteiger partial charge in [-0.3, -0.25) is 4.79 Å². The number of para-hydroxylation sites is 1. The number of carbonyl (C=O) groups excluding carboxylic acids is 1. The fourth-order valence-electron chi connectivity index (χ4n) is 1.85. The van der Waals surface area contributed by atoms with Crippen LogP contribution >= 0.6 is 0 Å². The molecule has 5 heteroatoms. The van der Waals surface area contributed by atoms with Crippen molar-refractivity contribution in [3.8, 4) is 5.75 Å². The molecule has 1 unspecified atom stereocenters. The number of benzene rings is 1. The monoisotopic (exact) mass is 266 g/mol. The maximum absolute atomic E-state index is 11.2. The molecule has 0 heterocycles. The first-order valence-electron chi connectivity index (χ1n) is 6.53. The van der Waals surface area contributed by atoms with Gasteiger partial charge in [0.25, 0.3) is 0 Å². The molecule has 0 aromatic heterocycles. The Labute approximate surface area is 113 Å². The number of ether oxygens (including phenoxy) is 1. The molecule has 1 rings (SSSR count). The van der Waals surface area contributed by atoms with Gasteiger partial charge in [0.1, 0.15) is 5.75 Å². The van der Waals surface area contributed by atoms with Gasteiger partial charge in [0, 0.05) is 13.0 Å². The Hall–Kier alpha value is -1.59. The SMILES string of the molecule is CCNC(CCOc1ccccc1CCO)C(N)=O. The van der Waals surface area contributed by atoms with E-state index in [0.29, 0.717) is 26.0 Å². The molecule has 19 heavy (non-hydrogen) atoms. The van der Waals surface area contributed by atoms with Crippen molar-refractivity contribution >= 4 is 5.91 Å². The van der Waals surface area contributed by atoms with Crippen molar-refractivity contribution in [2.75, 3.05) is 19.8 Å². The Balaban J connectivity index is 2.50. The first kappa shape index (κ1) is 15.5. The second kappa shape index (κ2) is 8.50. The molecule has 0 fully saturated rings. The highest BCUT2D eigenvalue weighted by Gasteiger charge is 2.13. The van der Waals surface area contributed by atoms with Crippen LogP contribution in [0.15, 0.2) is 24.3 Å². The number of amides is 1. The highest BCUT2D eigenvalue weighted by Crippen LogP contribution is 2.18. The van der Waals surface area contributed by atoms with Crippen LogP contribution in [0.25, 0.3) is 0 Å². The van der Waals surface area contributed by atoms with Crippen molar-refractivity contribution < 1.29 is 14.6 Å². The number of rotatable bonds is 9. The Morgan fingerprint density at radius 1 is 1.47 bits per heavy atom. The molecule has 0 saturated carbocycles. The minimum atomic E-state index is -0.367. The van der Waals surface area contributed by atoms with Crippen LogP contribution in [0.3, 0.4) is 0 Å². The smallest absolute Gasteiger partial charge is 0.234 e. The predicted octanol–water partition coefficient (Wildman–Crippen LogP) is 0.454. The fraction of sp³-hybridized carbons (Fsp3) is 0.500. The standard InChI is InChI=1S/C14H22N2O3/c1-2-16-12(14(15)18)8-10-19-13-6-4-3-5-11(13)7-9-17/h3-6,12,16-17H,2,7-10H2,1H3,(H2,15,18). The lowest BCUT2D eigenvalue weighted by Gasteiger charge is -2.15. The fourth-order valence-corrected chi connectivity index (χ4v) is 1.85. The Morgan fingerprint density at radius 2 is 2.21 bits per heavy atom. The zero-order valence-corrected chi connectivity index (χ0v) is 11.3. The third kappa shape index (κ3) is 5.28. The first-order valence-corrected chi connectivity index (χ1v) is 6.53. The lowest BCUT2D eigenvalue weighted by atomic mass is 10.1. The number of likely N-dealkylation sites (N-methyl/N-ethyl adjacent to an activating group) is 1. The molecular weight excluding hydrogens is 244 g/mol. The number of aliphatic hydroxyl groups is 1. The molecule has 4 N–H and O–H groups in total. The van der Waals surface area contributed by atoms with Crippen molar-refractivity contribution in [2.45, 2.75) is 25.8 Å². The van der Waals surface area contributed by atoms with E-state index in [1.54, 1.807) is 0 Å². The van der Waals surface area contributed by atoms with E-state index in [1.165, 1.54) is 0 Å². The third-order valence-electron chi connectivity index (χ3n) is 2.81. The van der Waals surface area contributed by atoms with Gasteiger partial charge in [-0.1, -0.05) is 25.1 Å².